The lowest BCUT2D eigenvalue weighted by Crippen LogP contribution is -2.26. The molecule has 66 valence electrons. The SMILES string of the molecule is c1cc2c(cn1)CN1CCCC1=N2. The number of aliphatic imine (C=N–C) groups is 1. The van der Waals surface area contributed by atoms with Crippen molar-refractivity contribution in [2.75, 3.05) is 6.54 Å². The van der Waals surface area contributed by atoms with Crippen molar-refractivity contribution in [2.24, 2.45) is 4.99 Å². The van der Waals surface area contributed by atoms with E-state index in [2.05, 4.69) is 14.9 Å². The summed E-state index contributed by atoms with van der Waals surface area (Å²) < 4.78 is 0. The molecule has 0 aliphatic carbocycles. The molecule has 1 aromatic rings. The second-order valence-corrected chi connectivity index (χ2v) is 3.56. The summed E-state index contributed by atoms with van der Waals surface area (Å²) in [5.74, 6) is 1.26. The minimum absolute atomic E-state index is 1.00. The van der Waals surface area contributed by atoms with Gasteiger partial charge in [0.15, 0.2) is 0 Å². The van der Waals surface area contributed by atoms with Crippen molar-refractivity contribution in [1.82, 2.24) is 9.88 Å². The van der Waals surface area contributed by atoms with E-state index in [1.54, 1.807) is 0 Å². The number of pyridine rings is 1. The molecule has 0 amide bonds. The van der Waals surface area contributed by atoms with E-state index in [4.69, 9.17) is 0 Å². The lowest BCUT2D eigenvalue weighted by molar-refractivity contribution is 0.442. The maximum Gasteiger partial charge on any atom is 0.105 e. The molecule has 2 aliphatic heterocycles. The molecule has 0 bridgehead atoms. The van der Waals surface area contributed by atoms with Crippen molar-refractivity contribution in [3.8, 4) is 0 Å². The first kappa shape index (κ1) is 7.06. The fraction of sp³-hybridized carbons (Fsp3) is 0.400. The molecular weight excluding hydrogens is 162 g/mol. The minimum atomic E-state index is 1.00. The van der Waals surface area contributed by atoms with Gasteiger partial charge in [0.25, 0.3) is 0 Å². The maximum absolute atomic E-state index is 4.61. The molecule has 3 heterocycles. The fourth-order valence-electron chi connectivity index (χ4n) is 2.01. The van der Waals surface area contributed by atoms with Gasteiger partial charge in [-0.05, 0) is 12.5 Å². The van der Waals surface area contributed by atoms with E-state index >= 15 is 0 Å². The van der Waals surface area contributed by atoms with Crippen LogP contribution in [0, 0.1) is 0 Å². The molecule has 13 heavy (non-hydrogen) atoms. The van der Waals surface area contributed by atoms with Crippen LogP contribution in [0.25, 0.3) is 0 Å². The van der Waals surface area contributed by atoms with Gasteiger partial charge < -0.3 is 4.90 Å². The van der Waals surface area contributed by atoms with E-state index in [1.807, 2.05) is 18.5 Å². The van der Waals surface area contributed by atoms with Crippen LogP contribution in [0.5, 0.6) is 0 Å². The van der Waals surface area contributed by atoms with Gasteiger partial charge in [-0.2, -0.15) is 0 Å². The highest BCUT2D eigenvalue weighted by molar-refractivity contribution is 5.88. The molecule has 2 aliphatic rings. The first-order valence-corrected chi connectivity index (χ1v) is 4.69. The van der Waals surface area contributed by atoms with Crippen LogP contribution >= 0.6 is 0 Å². The fourth-order valence-corrected chi connectivity index (χ4v) is 2.01. The van der Waals surface area contributed by atoms with Gasteiger partial charge in [0.1, 0.15) is 5.84 Å². The lowest BCUT2D eigenvalue weighted by Gasteiger charge is -2.23. The van der Waals surface area contributed by atoms with Gasteiger partial charge in [-0.1, -0.05) is 0 Å². The molecular formula is C10H11N3. The molecule has 0 N–H and O–H groups in total. The van der Waals surface area contributed by atoms with Gasteiger partial charge >= 0.3 is 0 Å². The van der Waals surface area contributed by atoms with Gasteiger partial charge in [0.05, 0.1) is 5.69 Å². The maximum atomic E-state index is 4.61. The van der Waals surface area contributed by atoms with Crippen molar-refractivity contribution in [1.29, 1.82) is 0 Å². The molecule has 1 fully saturated rings. The van der Waals surface area contributed by atoms with Crippen LogP contribution in [0.2, 0.25) is 0 Å². The number of rotatable bonds is 0. The van der Waals surface area contributed by atoms with Crippen molar-refractivity contribution in [2.45, 2.75) is 19.4 Å². The Labute approximate surface area is 77.1 Å². The summed E-state index contributed by atoms with van der Waals surface area (Å²) in [6, 6.07) is 2.00. The van der Waals surface area contributed by atoms with E-state index in [0.29, 0.717) is 0 Å². The first-order valence-electron chi connectivity index (χ1n) is 4.69. The molecule has 0 saturated carbocycles. The monoisotopic (exact) mass is 173 g/mol. The van der Waals surface area contributed by atoms with Crippen LogP contribution in [0.3, 0.4) is 0 Å². The predicted octanol–water partition coefficient (Wildman–Crippen LogP) is 1.72. The molecule has 0 aromatic carbocycles. The van der Waals surface area contributed by atoms with Gasteiger partial charge in [-0.3, -0.25) is 4.98 Å². The highest BCUT2D eigenvalue weighted by atomic mass is 15.2. The Morgan fingerprint density at radius 3 is 3.38 bits per heavy atom. The average Bonchev–Trinajstić information content (AvgIpc) is 2.61. The predicted molar refractivity (Wildman–Crippen MR) is 51.0 cm³/mol. The zero-order chi connectivity index (χ0) is 8.67. The van der Waals surface area contributed by atoms with Crippen LogP contribution in [0.1, 0.15) is 18.4 Å². The van der Waals surface area contributed by atoms with Crippen LogP contribution in [0.15, 0.2) is 23.5 Å². The topological polar surface area (TPSA) is 28.5 Å². The summed E-state index contributed by atoms with van der Waals surface area (Å²) in [7, 11) is 0. The molecule has 1 aromatic heterocycles. The summed E-state index contributed by atoms with van der Waals surface area (Å²) >= 11 is 0. The molecule has 0 atom stereocenters. The molecule has 0 spiro atoms. The van der Waals surface area contributed by atoms with Gasteiger partial charge in [0.2, 0.25) is 0 Å². The third kappa shape index (κ3) is 1.03. The number of aromatic nitrogens is 1. The van der Waals surface area contributed by atoms with Crippen LogP contribution < -0.4 is 0 Å². The van der Waals surface area contributed by atoms with E-state index in [1.165, 1.54) is 17.8 Å². The Balaban J connectivity index is 2.10. The molecule has 0 unspecified atom stereocenters. The Kier molecular flexibility index (Phi) is 1.39. The van der Waals surface area contributed by atoms with Gasteiger partial charge in [0, 0.05) is 37.5 Å². The Hall–Kier alpha value is -1.38. The molecule has 1 saturated heterocycles. The normalized spacial score (nSPS) is 19.4. The van der Waals surface area contributed by atoms with Gasteiger partial charge in [-0.25, -0.2) is 4.99 Å². The zero-order valence-electron chi connectivity index (χ0n) is 7.40. The average molecular weight is 173 g/mol. The molecule has 3 nitrogen and oxygen atoms in total. The molecule has 3 rings (SSSR count). The number of fused-ring (bicyclic) bond motifs is 2. The minimum Gasteiger partial charge on any atom is -0.356 e. The summed E-state index contributed by atoms with van der Waals surface area (Å²) in [5, 5.41) is 0. The summed E-state index contributed by atoms with van der Waals surface area (Å²) in [5.41, 5.74) is 2.37. The largest absolute Gasteiger partial charge is 0.356 e. The number of hydrogen-bond donors (Lipinski definition) is 0. The number of amidine groups is 1. The van der Waals surface area contributed by atoms with Crippen molar-refractivity contribution < 1.29 is 0 Å². The Morgan fingerprint density at radius 2 is 2.38 bits per heavy atom. The van der Waals surface area contributed by atoms with Crippen LogP contribution in [-0.2, 0) is 6.54 Å². The van der Waals surface area contributed by atoms with Crippen LogP contribution in [0.4, 0.5) is 5.69 Å². The number of hydrogen-bond acceptors (Lipinski definition) is 3. The summed E-state index contributed by atoms with van der Waals surface area (Å²) in [4.78, 5) is 11.1. The highest BCUT2D eigenvalue weighted by Crippen LogP contribution is 2.28. The third-order valence-corrected chi connectivity index (χ3v) is 2.68. The van der Waals surface area contributed by atoms with E-state index in [-0.39, 0.29) is 0 Å². The standard InChI is InChI=1S/C10H11N3/c1-2-10-12-9-3-4-11-6-8(9)7-13(10)5-1/h3-4,6H,1-2,5,7H2. The quantitative estimate of drug-likeness (QED) is 0.597. The molecule has 3 heteroatoms. The van der Waals surface area contributed by atoms with Crippen molar-refractivity contribution in [3.05, 3.63) is 24.0 Å². The van der Waals surface area contributed by atoms with E-state index in [0.717, 1.165) is 25.2 Å². The zero-order valence-corrected chi connectivity index (χ0v) is 7.40. The van der Waals surface area contributed by atoms with Crippen LogP contribution in [-0.4, -0.2) is 22.3 Å². The first-order chi connectivity index (χ1) is 6.43. The highest BCUT2D eigenvalue weighted by Gasteiger charge is 2.23. The van der Waals surface area contributed by atoms with Gasteiger partial charge in [-0.15, -0.1) is 0 Å². The Morgan fingerprint density at radius 1 is 1.38 bits per heavy atom. The molecule has 0 radical (unpaired) electrons. The summed E-state index contributed by atoms with van der Waals surface area (Å²) in [6.07, 6.45) is 6.13. The second-order valence-electron chi connectivity index (χ2n) is 3.56. The third-order valence-electron chi connectivity index (χ3n) is 2.68. The van der Waals surface area contributed by atoms with E-state index < -0.39 is 0 Å². The Bertz CT molecular complexity index is 370. The lowest BCUT2D eigenvalue weighted by atomic mass is 10.2. The number of nitrogens with zero attached hydrogens (tertiary/aromatic N) is 3. The smallest absolute Gasteiger partial charge is 0.105 e. The van der Waals surface area contributed by atoms with Crippen molar-refractivity contribution >= 4 is 11.5 Å². The van der Waals surface area contributed by atoms with Crippen molar-refractivity contribution in [3.63, 3.8) is 0 Å². The summed E-state index contributed by atoms with van der Waals surface area (Å²) in [6.45, 7) is 2.16. The second kappa shape index (κ2) is 2.55. The van der Waals surface area contributed by atoms with E-state index in [9.17, 15) is 0 Å².